The van der Waals surface area contributed by atoms with E-state index in [4.69, 9.17) is 10.7 Å². The summed E-state index contributed by atoms with van der Waals surface area (Å²) in [6, 6.07) is 0. The van der Waals surface area contributed by atoms with E-state index >= 15 is 0 Å². The van der Waals surface area contributed by atoms with Crippen LogP contribution in [0.2, 0.25) is 0 Å². The van der Waals surface area contributed by atoms with Gasteiger partial charge in [0, 0.05) is 5.92 Å². The Balaban J connectivity index is 2.09. The molecule has 1 aliphatic carbocycles. The number of rotatable bonds is 3. The van der Waals surface area contributed by atoms with Crippen molar-refractivity contribution in [1.82, 2.24) is 4.98 Å². The normalized spacial score (nSPS) is 18.2. The molecule has 90 valence electrons. The monoisotopic (exact) mass is 238 g/mol. The van der Waals surface area contributed by atoms with Crippen molar-refractivity contribution < 1.29 is 0 Å². The molecule has 0 atom stereocenters. The number of anilines is 1. The van der Waals surface area contributed by atoms with Gasteiger partial charge in [-0.2, -0.15) is 0 Å². The summed E-state index contributed by atoms with van der Waals surface area (Å²) in [6.07, 6.45) is 7.78. The maximum Gasteiger partial charge on any atom is 0.109 e. The molecule has 0 bridgehead atoms. The van der Waals surface area contributed by atoms with E-state index in [1.807, 2.05) is 0 Å². The quantitative estimate of drug-likeness (QED) is 0.865. The zero-order chi connectivity index (χ0) is 11.5. The van der Waals surface area contributed by atoms with Crippen molar-refractivity contribution in [3.8, 4) is 0 Å². The van der Waals surface area contributed by atoms with E-state index in [1.165, 1.54) is 37.1 Å². The Kier molecular flexibility index (Phi) is 3.85. The van der Waals surface area contributed by atoms with Gasteiger partial charge in [0.15, 0.2) is 0 Å². The largest absolute Gasteiger partial charge is 0.389 e. The highest BCUT2D eigenvalue weighted by Gasteiger charge is 2.20. The van der Waals surface area contributed by atoms with Crippen LogP contribution in [-0.2, 0) is 6.42 Å². The SMILES string of the molecule is CC(C)Cc1nc(C2CCCCC2)sc1N. The van der Waals surface area contributed by atoms with Gasteiger partial charge in [0.05, 0.1) is 10.7 Å². The summed E-state index contributed by atoms with van der Waals surface area (Å²) in [4.78, 5) is 4.77. The molecule has 2 nitrogen and oxygen atoms in total. The Bertz CT molecular complexity index is 338. The maximum atomic E-state index is 6.05. The highest BCUT2D eigenvalue weighted by atomic mass is 32.1. The fraction of sp³-hybridized carbons (Fsp3) is 0.769. The Morgan fingerprint density at radius 1 is 1.31 bits per heavy atom. The van der Waals surface area contributed by atoms with E-state index in [0.29, 0.717) is 11.8 Å². The molecule has 3 heteroatoms. The average Bonchev–Trinajstić information content (AvgIpc) is 2.61. The zero-order valence-electron chi connectivity index (χ0n) is 10.3. The van der Waals surface area contributed by atoms with Gasteiger partial charge in [0.1, 0.15) is 5.00 Å². The molecule has 1 saturated carbocycles. The van der Waals surface area contributed by atoms with Crippen LogP contribution in [0, 0.1) is 5.92 Å². The van der Waals surface area contributed by atoms with Crippen molar-refractivity contribution in [2.24, 2.45) is 5.92 Å². The van der Waals surface area contributed by atoms with E-state index in [0.717, 1.165) is 17.1 Å². The molecule has 16 heavy (non-hydrogen) atoms. The summed E-state index contributed by atoms with van der Waals surface area (Å²) in [7, 11) is 0. The van der Waals surface area contributed by atoms with Gasteiger partial charge in [-0.15, -0.1) is 11.3 Å². The van der Waals surface area contributed by atoms with Crippen LogP contribution in [0.4, 0.5) is 5.00 Å². The Morgan fingerprint density at radius 3 is 2.62 bits per heavy atom. The van der Waals surface area contributed by atoms with E-state index in [-0.39, 0.29) is 0 Å². The summed E-state index contributed by atoms with van der Waals surface area (Å²) in [6.45, 7) is 4.44. The van der Waals surface area contributed by atoms with Crippen LogP contribution in [0.5, 0.6) is 0 Å². The molecule has 1 aromatic rings. The molecule has 1 heterocycles. The predicted octanol–water partition coefficient (Wildman–Crippen LogP) is 3.97. The van der Waals surface area contributed by atoms with Gasteiger partial charge in [0.25, 0.3) is 0 Å². The number of nitrogen functional groups attached to an aromatic ring is 1. The molecule has 1 aliphatic rings. The lowest BCUT2D eigenvalue weighted by atomic mass is 9.90. The van der Waals surface area contributed by atoms with Gasteiger partial charge in [-0.05, 0) is 25.2 Å². The first-order valence-electron chi connectivity index (χ1n) is 6.42. The van der Waals surface area contributed by atoms with Crippen LogP contribution in [-0.4, -0.2) is 4.98 Å². The van der Waals surface area contributed by atoms with Crippen molar-refractivity contribution in [2.45, 2.75) is 58.3 Å². The van der Waals surface area contributed by atoms with Crippen molar-refractivity contribution in [3.05, 3.63) is 10.7 Å². The second-order valence-electron chi connectivity index (χ2n) is 5.30. The molecule has 0 amide bonds. The van der Waals surface area contributed by atoms with E-state index in [9.17, 15) is 0 Å². The van der Waals surface area contributed by atoms with Crippen LogP contribution in [0.3, 0.4) is 0 Å². The number of nitrogens with two attached hydrogens (primary N) is 1. The van der Waals surface area contributed by atoms with Crippen LogP contribution in [0.15, 0.2) is 0 Å². The lowest BCUT2D eigenvalue weighted by molar-refractivity contribution is 0.441. The van der Waals surface area contributed by atoms with Crippen molar-refractivity contribution >= 4 is 16.3 Å². The molecular weight excluding hydrogens is 216 g/mol. The summed E-state index contributed by atoms with van der Waals surface area (Å²) in [5.74, 6) is 1.34. The number of hydrogen-bond donors (Lipinski definition) is 1. The molecule has 2 rings (SSSR count). The lowest BCUT2D eigenvalue weighted by Gasteiger charge is -2.18. The van der Waals surface area contributed by atoms with Gasteiger partial charge >= 0.3 is 0 Å². The minimum atomic E-state index is 0.642. The summed E-state index contributed by atoms with van der Waals surface area (Å²) >= 11 is 1.73. The lowest BCUT2D eigenvalue weighted by Crippen LogP contribution is -2.04. The summed E-state index contributed by atoms with van der Waals surface area (Å²) in [5.41, 5.74) is 7.19. The van der Waals surface area contributed by atoms with Gasteiger partial charge in [-0.3, -0.25) is 0 Å². The molecule has 1 aromatic heterocycles. The van der Waals surface area contributed by atoms with Crippen LogP contribution < -0.4 is 5.73 Å². The highest BCUT2D eigenvalue weighted by molar-refractivity contribution is 7.15. The van der Waals surface area contributed by atoms with Crippen molar-refractivity contribution in [3.63, 3.8) is 0 Å². The fourth-order valence-electron chi connectivity index (χ4n) is 2.44. The number of nitrogens with zero attached hydrogens (tertiary/aromatic N) is 1. The minimum absolute atomic E-state index is 0.642. The Labute approximate surface area is 102 Å². The Hall–Kier alpha value is -0.570. The fourth-order valence-corrected chi connectivity index (χ4v) is 3.47. The highest BCUT2D eigenvalue weighted by Crippen LogP contribution is 2.37. The molecule has 0 unspecified atom stereocenters. The standard InChI is InChI=1S/C13H22N2S/c1-9(2)8-11-12(14)16-13(15-11)10-6-4-3-5-7-10/h9-10H,3-8,14H2,1-2H3. The first-order valence-corrected chi connectivity index (χ1v) is 7.23. The molecule has 1 fully saturated rings. The van der Waals surface area contributed by atoms with Gasteiger partial charge in [-0.1, -0.05) is 33.1 Å². The van der Waals surface area contributed by atoms with Crippen LogP contribution >= 0.6 is 11.3 Å². The third-order valence-corrected chi connectivity index (χ3v) is 4.39. The predicted molar refractivity (Wildman–Crippen MR) is 70.9 cm³/mol. The Morgan fingerprint density at radius 2 is 2.00 bits per heavy atom. The second kappa shape index (κ2) is 5.17. The smallest absolute Gasteiger partial charge is 0.109 e. The summed E-state index contributed by atoms with van der Waals surface area (Å²) < 4.78 is 0. The van der Waals surface area contributed by atoms with Gasteiger partial charge < -0.3 is 5.73 Å². The third kappa shape index (κ3) is 2.76. The summed E-state index contributed by atoms with van der Waals surface area (Å²) in [5, 5.41) is 2.25. The number of thiazole rings is 1. The minimum Gasteiger partial charge on any atom is -0.389 e. The maximum absolute atomic E-state index is 6.05. The molecule has 0 aliphatic heterocycles. The number of aromatic nitrogens is 1. The zero-order valence-corrected chi connectivity index (χ0v) is 11.1. The number of hydrogen-bond acceptors (Lipinski definition) is 3. The first kappa shape index (κ1) is 11.9. The van der Waals surface area contributed by atoms with Gasteiger partial charge in [-0.25, -0.2) is 4.98 Å². The topological polar surface area (TPSA) is 38.9 Å². The van der Waals surface area contributed by atoms with Crippen molar-refractivity contribution in [1.29, 1.82) is 0 Å². The molecule has 0 aromatic carbocycles. The molecule has 2 N–H and O–H groups in total. The van der Waals surface area contributed by atoms with Gasteiger partial charge in [0.2, 0.25) is 0 Å². The molecule has 0 spiro atoms. The molecule has 0 radical (unpaired) electrons. The van der Waals surface area contributed by atoms with E-state index < -0.39 is 0 Å². The molecular formula is C13H22N2S. The average molecular weight is 238 g/mol. The van der Waals surface area contributed by atoms with Crippen LogP contribution in [0.25, 0.3) is 0 Å². The third-order valence-electron chi connectivity index (χ3n) is 3.30. The van der Waals surface area contributed by atoms with Crippen LogP contribution in [0.1, 0.15) is 62.6 Å². The first-order chi connectivity index (χ1) is 7.66. The van der Waals surface area contributed by atoms with Crippen molar-refractivity contribution in [2.75, 3.05) is 5.73 Å². The second-order valence-corrected chi connectivity index (χ2v) is 6.36. The molecule has 0 saturated heterocycles. The van der Waals surface area contributed by atoms with E-state index in [1.54, 1.807) is 11.3 Å². The van der Waals surface area contributed by atoms with E-state index in [2.05, 4.69) is 13.8 Å².